The van der Waals surface area contributed by atoms with Crippen molar-refractivity contribution >= 4 is 31.6 Å². The standard InChI is InChI=1S/C16H18BrNO2S/c1-11(2)13-5-4-6-15(9-13)18-21(19,20)16-10-14(17)8-7-12(16)3/h4-11,18H,1-3H3. The van der Waals surface area contributed by atoms with Crippen LogP contribution in [0, 0.1) is 6.92 Å². The van der Waals surface area contributed by atoms with E-state index in [2.05, 4.69) is 34.5 Å². The number of benzene rings is 2. The highest BCUT2D eigenvalue weighted by Gasteiger charge is 2.17. The van der Waals surface area contributed by atoms with Crippen molar-refractivity contribution in [3.8, 4) is 0 Å². The summed E-state index contributed by atoms with van der Waals surface area (Å²) in [5.74, 6) is 0.349. The third-order valence-corrected chi connectivity index (χ3v) is 5.26. The maximum atomic E-state index is 12.5. The van der Waals surface area contributed by atoms with Crippen LogP contribution in [0.5, 0.6) is 0 Å². The van der Waals surface area contributed by atoms with Crippen LogP contribution in [0.2, 0.25) is 0 Å². The summed E-state index contributed by atoms with van der Waals surface area (Å²) in [4.78, 5) is 0.284. The van der Waals surface area contributed by atoms with Gasteiger partial charge in [-0.1, -0.05) is 48.0 Å². The zero-order chi connectivity index (χ0) is 15.6. The molecule has 0 heterocycles. The van der Waals surface area contributed by atoms with E-state index in [9.17, 15) is 8.42 Å². The molecule has 0 radical (unpaired) electrons. The lowest BCUT2D eigenvalue weighted by molar-refractivity contribution is 0.600. The number of anilines is 1. The Hall–Kier alpha value is -1.33. The Morgan fingerprint density at radius 2 is 1.81 bits per heavy atom. The van der Waals surface area contributed by atoms with Crippen LogP contribution in [-0.2, 0) is 10.0 Å². The van der Waals surface area contributed by atoms with E-state index in [4.69, 9.17) is 0 Å². The Balaban J connectivity index is 2.37. The van der Waals surface area contributed by atoms with Gasteiger partial charge in [0.2, 0.25) is 0 Å². The molecule has 112 valence electrons. The first-order chi connectivity index (χ1) is 9.79. The first-order valence-corrected chi connectivity index (χ1v) is 8.96. The van der Waals surface area contributed by atoms with Gasteiger partial charge < -0.3 is 0 Å². The quantitative estimate of drug-likeness (QED) is 0.852. The highest BCUT2D eigenvalue weighted by atomic mass is 79.9. The molecule has 0 aliphatic carbocycles. The average molecular weight is 368 g/mol. The van der Waals surface area contributed by atoms with E-state index in [1.165, 1.54) is 0 Å². The predicted molar refractivity (Wildman–Crippen MR) is 90.2 cm³/mol. The summed E-state index contributed by atoms with van der Waals surface area (Å²) in [5, 5.41) is 0. The molecule has 2 aromatic carbocycles. The maximum absolute atomic E-state index is 12.5. The third-order valence-electron chi connectivity index (χ3n) is 3.25. The molecule has 0 aliphatic heterocycles. The van der Waals surface area contributed by atoms with Crippen LogP contribution in [-0.4, -0.2) is 8.42 Å². The van der Waals surface area contributed by atoms with Gasteiger partial charge in [0.25, 0.3) is 10.0 Å². The van der Waals surface area contributed by atoms with Crippen LogP contribution < -0.4 is 4.72 Å². The summed E-state index contributed by atoms with van der Waals surface area (Å²) in [6, 6.07) is 12.7. The molecule has 3 nitrogen and oxygen atoms in total. The molecule has 0 spiro atoms. The topological polar surface area (TPSA) is 46.2 Å². The van der Waals surface area contributed by atoms with Gasteiger partial charge in [-0.15, -0.1) is 0 Å². The number of aryl methyl sites for hydroxylation is 1. The van der Waals surface area contributed by atoms with Crippen LogP contribution in [0.4, 0.5) is 5.69 Å². The molecule has 0 atom stereocenters. The molecular weight excluding hydrogens is 350 g/mol. The maximum Gasteiger partial charge on any atom is 0.262 e. The van der Waals surface area contributed by atoms with Crippen LogP contribution in [0.1, 0.15) is 30.9 Å². The smallest absolute Gasteiger partial charge is 0.262 e. The van der Waals surface area contributed by atoms with Gasteiger partial charge in [0, 0.05) is 10.2 Å². The van der Waals surface area contributed by atoms with Crippen molar-refractivity contribution in [3.63, 3.8) is 0 Å². The molecule has 0 saturated heterocycles. The number of halogens is 1. The van der Waals surface area contributed by atoms with Gasteiger partial charge in [0.15, 0.2) is 0 Å². The van der Waals surface area contributed by atoms with Crippen molar-refractivity contribution in [2.75, 3.05) is 4.72 Å². The van der Waals surface area contributed by atoms with Crippen molar-refractivity contribution in [1.29, 1.82) is 0 Å². The summed E-state index contributed by atoms with van der Waals surface area (Å²) >= 11 is 3.31. The number of hydrogen-bond acceptors (Lipinski definition) is 2. The second kappa shape index (κ2) is 6.20. The summed E-state index contributed by atoms with van der Waals surface area (Å²) in [6.07, 6.45) is 0. The van der Waals surface area contributed by atoms with Crippen molar-refractivity contribution in [2.45, 2.75) is 31.6 Å². The predicted octanol–water partition coefficient (Wildman–Crippen LogP) is 4.68. The second-order valence-corrected chi connectivity index (χ2v) is 7.86. The first-order valence-electron chi connectivity index (χ1n) is 6.68. The molecule has 0 amide bonds. The number of nitrogens with one attached hydrogen (secondary N) is 1. The zero-order valence-electron chi connectivity index (χ0n) is 12.2. The van der Waals surface area contributed by atoms with Gasteiger partial charge in [-0.05, 0) is 48.2 Å². The van der Waals surface area contributed by atoms with Gasteiger partial charge >= 0.3 is 0 Å². The number of sulfonamides is 1. The van der Waals surface area contributed by atoms with Crippen molar-refractivity contribution < 1.29 is 8.42 Å². The molecule has 0 aromatic heterocycles. The molecule has 2 aromatic rings. The van der Waals surface area contributed by atoms with Crippen molar-refractivity contribution in [3.05, 3.63) is 58.1 Å². The molecule has 0 bridgehead atoms. The minimum atomic E-state index is -3.59. The lowest BCUT2D eigenvalue weighted by Gasteiger charge is -2.13. The molecular formula is C16H18BrNO2S. The number of rotatable bonds is 4. The molecule has 21 heavy (non-hydrogen) atoms. The van der Waals surface area contributed by atoms with E-state index in [0.717, 1.165) is 10.0 Å². The molecule has 0 unspecified atom stereocenters. The Bertz CT molecular complexity index is 755. The lowest BCUT2D eigenvalue weighted by atomic mass is 10.0. The highest BCUT2D eigenvalue weighted by Crippen LogP contribution is 2.24. The Labute approximate surface area is 134 Å². The van der Waals surface area contributed by atoms with Gasteiger partial charge in [-0.3, -0.25) is 4.72 Å². The van der Waals surface area contributed by atoms with E-state index in [1.807, 2.05) is 24.3 Å². The third kappa shape index (κ3) is 3.86. The van der Waals surface area contributed by atoms with Crippen molar-refractivity contribution in [1.82, 2.24) is 0 Å². The summed E-state index contributed by atoms with van der Waals surface area (Å²) in [6.45, 7) is 5.93. The molecule has 0 aliphatic rings. The van der Waals surface area contributed by atoms with Gasteiger partial charge in [-0.2, -0.15) is 0 Å². The molecule has 0 fully saturated rings. The lowest BCUT2D eigenvalue weighted by Crippen LogP contribution is -2.14. The van der Waals surface area contributed by atoms with Crippen LogP contribution in [0.25, 0.3) is 0 Å². The van der Waals surface area contributed by atoms with Gasteiger partial charge in [-0.25, -0.2) is 8.42 Å². The van der Waals surface area contributed by atoms with E-state index >= 15 is 0 Å². The van der Waals surface area contributed by atoms with Crippen molar-refractivity contribution in [2.24, 2.45) is 0 Å². The largest absolute Gasteiger partial charge is 0.280 e. The van der Waals surface area contributed by atoms with E-state index in [1.54, 1.807) is 25.1 Å². The van der Waals surface area contributed by atoms with Crippen LogP contribution in [0.3, 0.4) is 0 Å². The molecule has 5 heteroatoms. The van der Waals surface area contributed by atoms with Crippen LogP contribution in [0.15, 0.2) is 51.8 Å². The van der Waals surface area contributed by atoms with E-state index in [0.29, 0.717) is 17.2 Å². The number of hydrogen-bond donors (Lipinski definition) is 1. The van der Waals surface area contributed by atoms with Crippen LogP contribution >= 0.6 is 15.9 Å². The minimum absolute atomic E-state index is 0.284. The molecule has 1 N–H and O–H groups in total. The minimum Gasteiger partial charge on any atom is -0.280 e. The fourth-order valence-electron chi connectivity index (χ4n) is 2.03. The van der Waals surface area contributed by atoms with E-state index < -0.39 is 10.0 Å². The normalized spacial score (nSPS) is 11.7. The highest BCUT2D eigenvalue weighted by molar-refractivity contribution is 9.10. The molecule has 2 rings (SSSR count). The Kier molecular flexibility index (Phi) is 4.74. The first kappa shape index (κ1) is 16.0. The second-order valence-electron chi connectivity index (χ2n) is 5.30. The Morgan fingerprint density at radius 3 is 2.48 bits per heavy atom. The van der Waals surface area contributed by atoms with Gasteiger partial charge in [0.05, 0.1) is 4.90 Å². The summed E-state index contributed by atoms with van der Waals surface area (Å²) in [7, 11) is -3.59. The fourth-order valence-corrected chi connectivity index (χ4v) is 3.87. The monoisotopic (exact) mass is 367 g/mol. The molecule has 0 saturated carbocycles. The SMILES string of the molecule is Cc1ccc(Br)cc1S(=O)(=O)Nc1cccc(C(C)C)c1. The van der Waals surface area contributed by atoms with E-state index in [-0.39, 0.29) is 4.90 Å². The Morgan fingerprint density at radius 1 is 1.10 bits per heavy atom. The summed E-state index contributed by atoms with van der Waals surface area (Å²) < 4.78 is 28.4. The zero-order valence-corrected chi connectivity index (χ0v) is 14.6. The summed E-state index contributed by atoms with van der Waals surface area (Å²) in [5.41, 5.74) is 2.40. The fraction of sp³-hybridized carbons (Fsp3) is 0.250. The van der Waals surface area contributed by atoms with Gasteiger partial charge in [0.1, 0.15) is 0 Å². The average Bonchev–Trinajstić information content (AvgIpc) is 2.41.